The van der Waals surface area contributed by atoms with Crippen LogP contribution in [0.5, 0.6) is 0 Å². The Hall–Kier alpha value is -3.84. The van der Waals surface area contributed by atoms with E-state index < -0.39 is 0 Å². The number of nitrogens with one attached hydrogen (secondary N) is 2. The summed E-state index contributed by atoms with van der Waals surface area (Å²) in [6.07, 6.45) is 3.83. The van der Waals surface area contributed by atoms with Crippen LogP contribution in [-0.4, -0.2) is 61.0 Å². The number of amides is 2. The Morgan fingerprint density at radius 3 is 2.27 bits per heavy atom. The largest absolute Gasteiger partial charge is 0.376 e. The van der Waals surface area contributed by atoms with Crippen LogP contribution in [0, 0.1) is 0 Å². The Kier molecular flexibility index (Phi) is 5.06. The second-order valence-corrected chi connectivity index (χ2v) is 8.89. The summed E-state index contributed by atoms with van der Waals surface area (Å²) in [5.74, 6) is -0.722. The molecule has 0 saturated carbocycles. The number of fused-ring (bicyclic) bond motifs is 2. The molecular weight excluding hydrogens is 414 g/mol. The van der Waals surface area contributed by atoms with Crippen LogP contribution in [-0.2, 0) is 16.1 Å². The zero-order valence-corrected chi connectivity index (χ0v) is 19.3. The highest BCUT2D eigenvalue weighted by Gasteiger charge is 2.35. The highest BCUT2D eigenvalue weighted by Crippen LogP contribution is 2.40. The molecule has 0 bridgehead atoms. The first-order valence-corrected chi connectivity index (χ1v) is 11.0. The summed E-state index contributed by atoms with van der Waals surface area (Å²) in [5.41, 5.74) is 5.40. The quantitative estimate of drug-likeness (QED) is 0.450. The van der Waals surface area contributed by atoms with Gasteiger partial charge in [0, 0.05) is 67.0 Å². The van der Waals surface area contributed by atoms with Crippen molar-refractivity contribution in [2.75, 3.05) is 39.6 Å². The predicted octanol–water partition coefficient (Wildman–Crippen LogP) is 3.32. The molecule has 1 aliphatic heterocycles. The van der Waals surface area contributed by atoms with Crippen molar-refractivity contribution in [3.63, 3.8) is 0 Å². The summed E-state index contributed by atoms with van der Waals surface area (Å²) in [4.78, 5) is 33.6. The predicted molar refractivity (Wildman–Crippen MR) is 133 cm³/mol. The molecule has 5 rings (SSSR count). The van der Waals surface area contributed by atoms with Gasteiger partial charge in [-0.25, -0.2) is 0 Å². The van der Waals surface area contributed by atoms with Gasteiger partial charge in [-0.15, -0.1) is 0 Å². The third kappa shape index (κ3) is 3.41. The summed E-state index contributed by atoms with van der Waals surface area (Å²) >= 11 is 0. The fourth-order valence-corrected chi connectivity index (χ4v) is 4.63. The Morgan fingerprint density at radius 2 is 1.55 bits per heavy atom. The highest BCUT2D eigenvalue weighted by atomic mass is 16.2. The van der Waals surface area contributed by atoms with Gasteiger partial charge in [0.15, 0.2) is 0 Å². The molecule has 1 aliphatic rings. The Morgan fingerprint density at radius 1 is 0.848 bits per heavy atom. The summed E-state index contributed by atoms with van der Waals surface area (Å²) in [7, 11) is 8.11. The van der Waals surface area contributed by atoms with Crippen LogP contribution in [0.4, 0.5) is 5.69 Å². The Balaban J connectivity index is 1.80. The van der Waals surface area contributed by atoms with Crippen LogP contribution in [0.1, 0.15) is 11.1 Å². The highest BCUT2D eigenvalue weighted by molar-refractivity contribution is 6.50. The minimum Gasteiger partial charge on any atom is -0.376 e. The first-order chi connectivity index (χ1) is 15.9. The molecule has 4 aromatic rings. The fraction of sp³-hybridized carbons (Fsp3) is 0.231. The van der Waals surface area contributed by atoms with Gasteiger partial charge in [0.1, 0.15) is 0 Å². The smallest absolute Gasteiger partial charge is 0.259 e. The van der Waals surface area contributed by atoms with Crippen LogP contribution in [0.3, 0.4) is 0 Å². The second-order valence-electron chi connectivity index (χ2n) is 8.89. The van der Waals surface area contributed by atoms with Crippen molar-refractivity contribution in [2.45, 2.75) is 6.54 Å². The van der Waals surface area contributed by atoms with Crippen LogP contribution in [0.15, 0.2) is 54.9 Å². The number of carbonyl (C=O) groups excluding carboxylic acids is 2. The lowest BCUT2D eigenvalue weighted by atomic mass is 9.95. The lowest BCUT2D eigenvalue weighted by Crippen LogP contribution is -2.22. The Labute approximate surface area is 192 Å². The molecule has 7 nitrogen and oxygen atoms in total. The molecular formula is C26H27N5O2. The minimum atomic E-state index is -0.363. The number of hydrogen-bond donors (Lipinski definition) is 2. The summed E-state index contributed by atoms with van der Waals surface area (Å²) in [6, 6.07) is 13.9. The van der Waals surface area contributed by atoms with Gasteiger partial charge in [-0.1, -0.05) is 30.3 Å². The van der Waals surface area contributed by atoms with Crippen LogP contribution in [0.2, 0.25) is 0 Å². The van der Waals surface area contributed by atoms with Crippen LogP contribution < -0.4 is 10.2 Å². The maximum atomic E-state index is 13.1. The average Bonchev–Trinajstić information content (AvgIpc) is 3.44. The molecule has 0 spiro atoms. The summed E-state index contributed by atoms with van der Waals surface area (Å²) in [6.45, 7) is 1.62. The number of aromatic nitrogens is 2. The van der Waals surface area contributed by atoms with E-state index in [4.69, 9.17) is 0 Å². The van der Waals surface area contributed by atoms with Gasteiger partial charge in [-0.3, -0.25) is 14.9 Å². The third-order valence-corrected chi connectivity index (χ3v) is 6.21. The van der Waals surface area contributed by atoms with Gasteiger partial charge < -0.3 is 19.4 Å². The van der Waals surface area contributed by atoms with Crippen molar-refractivity contribution in [1.82, 2.24) is 19.8 Å². The lowest BCUT2D eigenvalue weighted by Gasteiger charge is -2.17. The molecule has 0 radical (unpaired) electrons. The van der Waals surface area contributed by atoms with Gasteiger partial charge >= 0.3 is 0 Å². The Bertz CT molecular complexity index is 1440. The van der Waals surface area contributed by atoms with E-state index in [1.54, 1.807) is 0 Å². The number of imide groups is 1. The first-order valence-electron chi connectivity index (χ1n) is 11.0. The van der Waals surface area contributed by atoms with Gasteiger partial charge in [0.25, 0.3) is 11.8 Å². The molecule has 0 atom stereocenters. The van der Waals surface area contributed by atoms with E-state index in [0.29, 0.717) is 11.1 Å². The van der Waals surface area contributed by atoms with Crippen molar-refractivity contribution in [3.05, 3.63) is 66.0 Å². The maximum absolute atomic E-state index is 13.1. The standard InChI is InChI=1S/C26H27N5O2/c1-29(2)12-13-31-15-19(17-9-7-11-21(24(17)31)30(3)4)23-22(25(32)28-26(23)33)18-14-27-20-10-6-5-8-16(18)20/h5-11,14-15,27H,12-13H2,1-4H3,(H,28,32,33). The normalized spacial score (nSPS) is 14.2. The summed E-state index contributed by atoms with van der Waals surface area (Å²) < 4.78 is 2.19. The fourth-order valence-electron chi connectivity index (χ4n) is 4.63. The van der Waals surface area contributed by atoms with E-state index in [2.05, 4.69) is 30.7 Å². The third-order valence-electron chi connectivity index (χ3n) is 6.21. The van der Waals surface area contributed by atoms with Gasteiger partial charge in [0.2, 0.25) is 0 Å². The first kappa shape index (κ1) is 21.0. The number of nitrogens with zero attached hydrogens (tertiary/aromatic N) is 3. The van der Waals surface area contributed by atoms with E-state index in [-0.39, 0.29) is 11.8 Å². The molecule has 2 N–H and O–H groups in total. The van der Waals surface area contributed by atoms with Crippen LogP contribution in [0.25, 0.3) is 33.0 Å². The molecule has 3 heterocycles. The number of likely N-dealkylation sites (N-methyl/N-ethyl adjacent to an activating group) is 1. The topological polar surface area (TPSA) is 73.4 Å². The van der Waals surface area contributed by atoms with Crippen molar-refractivity contribution in [3.8, 4) is 0 Å². The molecule has 0 fully saturated rings. The van der Waals surface area contributed by atoms with Gasteiger partial charge in [-0.2, -0.15) is 0 Å². The zero-order chi connectivity index (χ0) is 23.3. The average molecular weight is 442 g/mol. The molecule has 0 saturated heterocycles. The van der Waals surface area contributed by atoms with E-state index in [1.165, 1.54) is 0 Å². The van der Waals surface area contributed by atoms with Crippen molar-refractivity contribution in [1.29, 1.82) is 0 Å². The minimum absolute atomic E-state index is 0.359. The lowest BCUT2D eigenvalue weighted by molar-refractivity contribution is -0.122. The van der Waals surface area contributed by atoms with Crippen LogP contribution >= 0.6 is 0 Å². The van der Waals surface area contributed by atoms with Crippen molar-refractivity contribution >= 4 is 50.5 Å². The molecule has 33 heavy (non-hydrogen) atoms. The van der Waals surface area contributed by atoms with E-state index in [0.717, 1.165) is 51.7 Å². The number of aromatic amines is 1. The monoisotopic (exact) mass is 441 g/mol. The van der Waals surface area contributed by atoms with Crippen molar-refractivity contribution in [2.24, 2.45) is 0 Å². The number of benzene rings is 2. The van der Waals surface area contributed by atoms with E-state index in [9.17, 15) is 9.59 Å². The molecule has 0 aliphatic carbocycles. The SMILES string of the molecule is CN(C)CCn1cc(C2=C(c3c[nH]c4ccccc34)C(=O)NC2=O)c2cccc(N(C)C)c21. The summed E-state index contributed by atoms with van der Waals surface area (Å²) in [5, 5.41) is 4.41. The van der Waals surface area contributed by atoms with Crippen molar-refractivity contribution < 1.29 is 9.59 Å². The molecule has 2 aromatic carbocycles. The molecule has 168 valence electrons. The number of carbonyl (C=O) groups is 2. The zero-order valence-electron chi connectivity index (χ0n) is 19.3. The number of anilines is 1. The number of para-hydroxylation sites is 2. The maximum Gasteiger partial charge on any atom is 0.259 e. The molecule has 2 amide bonds. The molecule has 7 heteroatoms. The van der Waals surface area contributed by atoms with E-state index in [1.807, 2.05) is 77.0 Å². The number of rotatable bonds is 6. The van der Waals surface area contributed by atoms with E-state index >= 15 is 0 Å². The number of H-pyrrole nitrogens is 1. The molecule has 2 aromatic heterocycles. The van der Waals surface area contributed by atoms with Gasteiger partial charge in [-0.05, 0) is 26.2 Å². The number of hydrogen-bond acceptors (Lipinski definition) is 4. The second kappa shape index (κ2) is 7.94. The van der Waals surface area contributed by atoms with Gasteiger partial charge in [0.05, 0.1) is 22.4 Å². The molecule has 0 unspecified atom stereocenters.